The van der Waals surface area contributed by atoms with Crippen LogP contribution in [0, 0.1) is 0 Å². The Hall–Kier alpha value is 0.270. The molecule has 1 aliphatic rings. The average molecular weight is 203 g/mol. The van der Waals surface area contributed by atoms with Crippen molar-refractivity contribution in [1.29, 1.82) is 0 Å². The molecule has 0 bridgehead atoms. The summed E-state index contributed by atoms with van der Waals surface area (Å²) in [5.41, 5.74) is 0. The third-order valence-electron chi connectivity index (χ3n) is 2.66. The second-order valence-corrected chi connectivity index (χ2v) is 5.33. The van der Waals surface area contributed by atoms with Gasteiger partial charge in [0, 0.05) is 23.1 Å². The maximum atomic E-state index is 5.50. The van der Waals surface area contributed by atoms with Gasteiger partial charge in [0.1, 0.15) is 0 Å². The van der Waals surface area contributed by atoms with E-state index in [1.54, 1.807) is 0 Å². The molecule has 0 aromatic rings. The van der Waals surface area contributed by atoms with Gasteiger partial charge in [-0.15, -0.1) is 0 Å². The van der Waals surface area contributed by atoms with Gasteiger partial charge in [-0.05, 0) is 19.9 Å². The first-order valence-electron chi connectivity index (χ1n) is 5.18. The van der Waals surface area contributed by atoms with Crippen molar-refractivity contribution >= 4 is 11.8 Å². The van der Waals surface area contributed by atoms with E-state index >= 15 is 0 Å². The molecule has 13 heavy (non-hydrogen) atoms. The normalized spacial score (nSPS) is 31.6. The van der Waals surface area contributed by atoms with Crippen molar-refractivity contribution in [3.05, 3.63) is 0 Å². The minimum atomic E-state index is 0.646. The van der Waals surface area contributed by atoms with Gasteiger partial charge in [-0.2, -0.15) is 11.8 Å². The van der Waals surface area contributed by atoms with Crippen LogP contribution in [0.15, 0.2) is 0 Å². The molecule has 1 heterocycles. The monoisotopic (exact) mass is 203 g/mol. The molecule has 1 N–H and O–H groups in total. The third kappa shape index (κ3) is 3.49. The lowest BCUT2D eigenvalue weighted by atomic mass is 10.1. The molecule has 1 fully saturated rings. The summed E-state index contributed by atoms with van der Waals surface area (Å²) in [6.45, 7) is 6.38. The van der Waals surface area contributed by atoms with Crippen LogP contribution in [0.4, 0.5) is 0 Å². The highest BCUT2D eigenvalue weighted by atomic mass is 32.2. The Balaban J connectivity index is 2.35. The van der Waals surface area contributed by atoms with Crippen molar-refractivity contribution in [2.24, 2.45) is 0 Å². The molecule has 1 rings (SSSR count). The van der Waals surface area contributed by atoms with Gasteiger partial charge in [0.15, 0.2) is 0 Å². The summed E-state index contributed by atoms with van der Waals surface area (Å²) >= 11 is 2.07. The van der Waals surface area contributed by atoms with E-state index in [0.29, 0.717) is 11.3 Å². The smallest absolute Gasteiger partial charge is 0.0600 e. The quantitative estimate of drug-likeness (QED) is 0.754. The van der Waals surface area contributed by atoms with Crippen molar-refractivity contribution in [2.75, 3.05) is 20.3 Å². The lowest BCUT2D eigenvalue weighted by Crippen LogP contribution is -2.43. The van der Waals surface area contributed by atoms with Crippen molar-refractivity contribution in [1.82, 2.24) is 5.32 Å². The maximum Gasteiger partial charge on any atom is 0.0600 e. The van der Waals surface area contributed by atoms with E-state index in [2.05, 4.69) is 38.0 Å². The first kappa shape index (κ1) is 11.3. The van der Waals surface area contributed by atoms with Crippen molar-refractivity contribution in [2.45, 2.75) is 43.2 Å². The Morgan fingerprint density at radius 1 is 1.62 bits per heavy atom. The summed E-state index contributed by atoms with van der Waals surface area (Å²) in [6.07, 6.45) is 2.40. The van der Waals surface area contributed by atoms with Crippen LogP contribution in [-0.2, 0) is 4.74 Å². The van der Waals surface area contributed by atoms with Crippen LogP contribution in [-0.4, -0.2) is 36.8 Å². The fourth-order valence-corrected chi connectivity index (χ4v) is 3.00. The molecule has 0 aromatic carbocycles. The highest BCUT2D eigenvalue weighted by molar-refractivity contribution is 8.00. The van der Waals surface area contributed by atoms with Crippen LogP contribution in [0.3, 0.4) is 0 Å². The fraction of sp³-hybridized carbons (Fsp3) is 1.00. The molecular weight excluding hydrogens is 182 g/mol. The summed E-state index contributed by atoms with van der Waals surface area (Å²) in [4.78, 5) is 0. The lowest BCUT2D eigenvalue weighted by Gasteiger charge is -2.32. The zero-order chi connectivity index (χ0) is 9.68. The van der Waals surface area contributed by atoms with E-state index < -0.39 is 0 Å². The Morgan fingerprint density at radius 3 is 3.00 bits per heavy atom. The Kier molecular flexibility index (Phi) is 5.14. The first-order chi connectivity index (χ1) is 6.27. The molecule has 2 nitrogen and oxygen atoms in total. The fourth-order valence-electron chi connectivity index (χ4n) is 1.57. The topological polar surface area (TPSA) is 21.3 Å². The van der Waals surface area contributed by atoms with Gasteiger partial charge in [0.25, 0.3) is 0 Å². The van der Waals surface area contributed by atoms with Gasteiger partial charge in [0.05, 0.1) is 6.61 Å². The maximum absolute atomic E-state index is 5.50. The zero-order valence-corrected chi connectivity index (χ0v) is 9.69. The van der Waals surface area contributed by atoms with Gasteiger partial charge < -0.3 is 10.1 Å². The zero-order valence-electron chi connectivity index (χ0n) is 8.88. The molecule has 0 spiro atoms. The van der Waals surface area contributed by atoms with Gasteiger partial charge >= 0.3 is 0 Å². The number of nitrogens with one attached hydrogen (secondary N) is 1. The van der Waals surface area contributed by atoms with Crippen LogP contribution < -0.4 is 5.32 Å². The standard InChI is InChI=1S/C10H21NOS/c1-4-8(2)13-10-7-12-6-5-9(10)11-3/h8-11H,4-7H2,1-3H3. The molecule has 3 atom stereocenters. The van der Waals surface area contributed by atoms with Gasteiger partial charge in [-0.1, -0.05) is 13.8 Å². The molecule has 3 heteroatoms. The third-order valence-corrected chi connectivity index (χ3v) is 4.27. The van der Waals surface area contributed by atoms with Crippen molar-refractivity contribution < 1.29 is 4.74 Å². The van der Waals surface area contributed by atoms with Crippen LogP contribution in [0.25, 0.3) is 0 Å². The number of thioether (sulfide) groups is 1. The van der Waals surface area contributed by atoms with E-state index in [4.69, 9.17) is 4.74 Å². The van der Waals surface area contributed by atoms with Crippen LogP contribution in [0.2, 0.25) is 0 Å². The Labute approximate surface area is 85.8 Å². The van der Waals surface area contributed by atoms with E-state index in [1.807, 2.05) is 0 Å². The number of ether oxygens (including phenoxy) is 1. The highest BCUT2D eigenvalue weighted by Crippen LogP contribution is 2.26. The summed E-state index contributed by atoms with van der Waals surface area (Å²) in [5.74, 6) is 0. The Morgan fingerprint density at radius 2 is 2.38 bits per heavy atom. The van der Waals surface area contributed by atoms with E-state index in [1.165, 1.54) is 6.42 Å². The van der Waals surface area contributed by atoms with Crippen LogP contribution in [0.5, 0.6) is 0 Å². The molecule has 0 aromatic heterocycles. The van der Waals surface area contributed by atoms with Gasteiger partial charge in [-0.3, -0.25) is 0 Å². The molecule has 0 saturated carbocycles. The summed E-state index contributed by atoms with van der Waals surface area (Å²) in [7, 11) is 2.06. The van der Waals surface area contributed by atoms with Crippen molar-refractivity contribution in [3.8, 4) is 0 Å². The SMILES string of the molecule is CCC(C)SC1COCCC1NC. The molecule has 1 saturated heterocycles. The molecular formula is C10H21NOS. The number of hydrogen-bond acceptors (Lipinski definition) is 3. The second-order valence-electron chi connectivity index (χ2n) is 3.65. The van der Waals surface area contributed by atoms with Gasteiger partial charge in [-0.25, -0.2) is 0 Å². The molecule has 78 valence electrons. The summed E-state index contributed by atoms with van der Waals surface area (Å²) < 4.78 is 5.50. The number of hydrogen-bond donors (Lipinski definition) is 1. The molecule has 0 aliphatic carbocycles. The second kappa shape index (κ2) is 5.89. The summed E-state index contributed by atoms with van der Waals surface area (Å²) in [5, 5.41) is 4.78. The molecule has 0 radical (unpaired) electrons. The molecule has 1 aliphatic heterocycles. The van der Waals surface area contributed by atoms with E-state index in [0.717, 1.165) is 24.9 Å². The molecule has 0 amide bonds. The largest absolute Gasteiger partial charge is 0.380 e. The minimum absolute atomic E-state index is 0.646. The first-order valence-corrected chi connectivity index (χ1v) is 6.12. The van der Waals surface area contributed by atoms with Crippen LogP contribution >= 0.6 is 11.8 Å². The molecule has 3 unspecified atom stereocenters. The predicted octanol–water partition coefficient (Wildman–Crippen LogP) is 1.89. The summed E-state index contributed by atoms with van der Waals surface area (Å²) in [6, 6.07) is 0.646. The van der Waals surface area contributed by atoms with Crippen molar-refractivity contribution in [3.63, 3.8) is 0 Å². The van der Waals surface area contributed by atoms with E-state index in [-0.39, 0.29) is 0 Å². The van der Waals surface area contributed by atoms with Gasteiger partial charge in [0.2, 0.25) is 0 Å². The minimum Gasteiger partial charge on any atom is -0.380 e. The highest BCUT2D eigenvalue weighted by Gasteiger charge is 2.25. The van der Waals surface area contributed by atoms with E-state index in [9.17, 15) is 0 Å². The lowest BCUT2D eigenvalue weighted by molar-refractivity contribution is 0.0849. The van der Waals surface area contributed by atoms with Crippen LogP contribution in [0.1, 0.15) is 26.7 Å². The Bertz CT molecular complexity index is 143. The number of rotatable bonds is 4. The average Bonchev–Trinajstić information content (AvgIpc) is 2.18. The predicted molar refractivity (Wildman–Crippen MR) is 59.4 cm³/mol.